The molecule has 4 atom stereocenters. The largest absolute Gasteiger partial charge is 0.484 e. The molecule has 1 aliphatic heterocycles. The Morgan fingerprint density at radius 2 is 1.11 bits per heavy atom. The highest BCUT2D eigenvalue weighted by Gasteiger charge is 2.41. The Morgan fingerprint density at radius 3 is 1.59 bits per heavy atom. The van der Waals surface area contributed by atoms with Crippen molar-refractivity contribution in [3.05, 3.63) is 0 Å². The quantitative estimate of drug-likeness (QED) is 0.0969. The minimum atomic E-state index is -1.06. The van der Waals surface area contributed by atoms with E-state index in [0.29, 0.717) is 16.5 Å². The van der Waals surface area contributed by atoms with Gasteiger partial charge in [-0.1, -0.05) is 117 Å². The summed E-state index contributed by atoms with van der Waals surface area (Å²) in [6, 6.07) is 0. The van der Waals surface area contributed by atoms with E-state index in [1.807, 2.05) is 0 Å². The Morgan fingerprint density at radius 1 is 0.676 bits per heavy atom. The van der Waals surface area contributed by atoms with Gasteiger partial charge in [0.15, 0.2) is 16.2 Å². The van der Waals surface area contributed by atoms with Gasteiger partial charge in [0, 0.05) is 12.8 Å². The van der Waals surface area contributed by atoms with Crippen molar-refractivity contribution in [3.8, 4) is 0 Å². The van der Waals surface area contributed by atoms with Gasteiger partial charge in [0.05, 0.1) is 6.61 Å². The summed E-state index contributed by atoms with van der Waals surface area (Å²) in [4.78, 5) is 0. The van der Waals surface area contributed by atoms with Gasteiger partial charge in [0.25, 0.3) is 0 Å². The van der Waals surface area contributed by atoms with Gasteiger partial charge in [0.2, 0.25) is 0 Å². The van der Waals surface area contributed by atoms with Gasteiger partial charge in [-0.05, 0) is 37.3 Å². The number of thiocarbonyl (C=S) groups is 2. The van der Waals surface area contributed by atoms with E-state index < -0.39 is 24.4 Å². The van der Waals surface area contributed by atoms with E-state index >= 15 is 0 Å². The molecule has 0 amide bonds. The molecule has 0 spiro atoms. The molecule has 0 radical (unpaired) electrons. The number of ether oxygens (including phenoxy) is 3. The van der Waals surface area contributed by atoms with Crippen molar-refractivity contribution in [1.29, 1.82) is 0 Å². The maximum absolute atomic E-state index is 10.5. The third-order valence-electron chi connectivity index (χ3n) is 7.22. The second kappa shape index (κ2) is 23.5. The minimum Gasteiger partial charge on any atom is -0.484 e. The van der Waals surface area contributed by atoms with Crippen molar-refractivity contribution in [1.82, 2.24) is 0 Å². The molecule has 0 aromatic carbocycles. The maximum atomic E-state index is 10.5. The Balaban J connectivity index is 2.22. The fraction of sp³-hybridized carbons (Fsp3) is 0.933. The maximum Gasteiger partial charge on any atom is 0.160 e. The molecule has 37 heavy (non-hydrogen) atoms. The van der Waals surface area contributed by atoms with Gasteiger partial charge in [-0.3, -0.25) is 0 Å². The molecular formula is C30H56O5S2. The summed E-state index contributed by atoms with van der Waals surface area (Å²) in [5.41, 5.74) is 0. The highest BCUT2D eigenvalue weighted by atomic mass is 32.1. The lowest BCUT2D eigenvalue weighted by Gasteiger charge is -2.38. The Bertz CT molecular complexity index is 574. The summed E-state index contributed by atoms with van der Waals surface area (Å²) >= 11 is 10.9. The Hall–Kier alpha value is -0.340. The monoisotopic (exact) mass is 560 g/mol. The van der Waals surface area contributed by atoms with Gasteiger partial charge in [-0.15, -0.1) is 0 Å². The van der Waals surface area contributed by atoms with E-state index in [-0.39, 0.29) is 13.2 Å². The van der Waals surface area contributed by atoms with E-state index in [9.17, 15) is 10.2 Å². The predicted molar refractivity (Wildman–Crippen MR) is 161 cm³/mol. The minimum absolute atomic E-state index is 0.0467. The van der Waals surface area contributed by atoms with Crippen LogP contribution < -0.4 is 0 Å². The van der Waals surface area contributed by atoms with Gasteiger partial charge in [-0.25, -0.2) is 0 Å². The second-order valence-corrected chi connectivity index (χ2v) is 11.6. The molecule has 0 aromatic heterocycles. The van der Waals surface area contributed by atoms with E-state index in [1.54, 1.807) is 0 Å². The number of aliphatic hydroxyl groups is 2. The van der Waals surface area contributed by atoms with Crippen LogP contribution in [0.2, 0.25) is 0 Å². The molecule has 0 aromatic rings. The highest BCUT2D eigenvalue weighted by Crippen LogP contribution is 2.22. The zero-order chi connectivity index (χ0) is 27.1. The lowest BCUT2D eigenvalue weighted by atomic mass is 10.00. The number of aliphatic hydroxyl groups excluding tert-OH is 2. The van der Waals surface area contributed by atoms with Crippen LogP contribution in [0, 0.1) is 0 Å². The molecular weight excluding hydrogens is 504 g/mol. The van der Waals surface area contributed by atoms with Crippen molar-refractivity contribution in [2.45, 2.75) is 167 Å². The van der Waals surface area contributed by atoms with Crippen LogP contribution in [0.3, 0.4) is 0 Å². The van der Waals surface area contributed by atoms with Gasteiger partial charge >= 0.3 is 0 Å². The van der Waals surface area contributed by atoms with Crippen LogP contribution in [0.4, 0.5) is 0 Å². The number of rotatable bonds is 23. The van der Waals surface area contributed by atoms with Crippen LogP contribution in [-0.4, -0.2) is 57.9 Å². The number of hydrogen-bond acceptors (Lipinski definition) is 7. The zero-order valence-electron chi connectivity index (χ0n) is 23.8. The van der Waals surface area contributed by atoms with Gasteiger partial charge < -0.3 is 24.4 Å². The SMILES string of the molecule is CCCCCCCCCCCC(=S)OC[C@@H]1OC[C@@H](O)[C@H](O)[C@H]1OC(=S)CCCCCCCCCCC. The van der Waals surface area contributed by atoms with Crippen molar-refractivity contribution in [3.63, 3.8) is 0 Å². The molecule has 218 valence electrons. The smallest absolute Gasteiger partial charge is 0.160 e. The van der Waals surface area contributed by atoms with Crippen molar-refractivity contribution in [2.24, 2.45) is 0 Å². The van der Waals surface area contributed by atoms with Crippen LogP contribution in [0.15, 0.2) is 0 Å². The lowest BCUT2D eigenvalue weighted by Crippen LogP contribution is -2.56. The van der Waals surface area contributed by atoms with Gasteiger partial charge in [0.1, 0.15) is 24.9 Å². The molecule has 1 heterocycles. The van der Waals surface area contributed by atoms with Crippen LogP contribution in [0.5, 0.6) is 0 Å². The number of unbranched alkanes of at least 4 members (excludes halogenated alkanes) is 16. The normalized spacial score (nSPS) is 21.6. The third-order valence-corrected chi connectivity index (χ3v) is 7.85. The first kappa shape index (κ1) is 34.7. The molecule has 1 aliphatic rings. The van der Waals surface area contributed by atoms with Crippen molar-refractivity contribution in [2.75, 3.05) is 13.2 Å². The van der Waals surface area contributed by atoms with Crippen molar-refractivity contribution < 1.29 is 24.4 Å². The fourth-order valence-electron chi connectivity index (χ4n) is 4.76. The number of hydrogen-bond donors (Lipinski definition) is 2. The van der Waals surface area contributed by atoms with Crippen LogP contribution >= 0.6 is 24.4 Å². The Kier molecular flexibility index (Phi) is 22.1. The second-order valence-electron chi connectivity index (χ2n) is 10.7. The summed E-state index contributed by atoms with van der Waals surface area (Å²) in [7, 11) is 0. The van der Waals surface area contributed by atoms with Crippen LogP contribution in [0.25, 0.3) is 0 Å². The summed E-state index contributed by atoms with van der Waals surface area (Å²) < 4.78 is 17.5. The molecule has 1 saturated heterocycles. The first-order valence-electron chi connectivity index (χ1n) is 15.3. The average Bonchev–Trinajstić information content (AvgIpc) is 2.89. The molecule has 1 rings (SSSR count). The van der Waals surface area contributed by atoms with E-state index in [1.165, 1.54) is 96.3 Å². The topological polar surface area (TPSA) is 68.2 Å². The van der Waals surface area contributed by atoms with E-state index in [4.69, 9.17) is 38.6 Å². The van der Waals surface area contributed by atoms with Crippen LogP contribution in [-0.2, 0) is 14.2 Å². The molecule has 2 N–H and O–H groups in total. The van der Waals surface area contributed by atoms with E-state index in [2.05, 4.69) is 13.8 Å². The third kappa shape index (κ3) is 17.8. The fourth-order valence-corrected chi connectivity index (χ4v) is 5.23. The molecule has 0 saturated carbocycles. The summed E-state index contributed by atoms with van der Waals surface area (Å²) in [6.45, 7) is 4.74. The Labute approximate surface area is 238 Å². The standard InChI is InChI=1S/C30H56O5S2/c1-3-5-7-9-11-13-15-17-19-21-27(36)34-24-26-30(29(32)25(31)23-33-26)35-28(37)22-20-18-16-14-12-10-8-6-4-2/h25-26,29-32H,3-24H2,1-2H3/t25-,26+,29+,30+/m1/s1. The molecule has 0 aliphatic carbocycles. The average molecular weight is 561 g/mol. The molecule has 5 nitrogen and oxygen atoms in total. The molecule has 0 bridgehead atoms. The highest BCUT2D eigenvalue weighted by molar-refractivity contribution is 7.80. The van der Waals surface area contributed by atoms with Crippen LogP contribution in [0.1, 0.15) is 142 Å². The summed E-state index contributed by atoms with van der Waals surface area (Å²) in [6.07, 6.45) is 20.8. The summed E-state index contributed by atoms with van der Waals surface area (Å²) in [5.74, 6) is 0. The van der Waals surface area contributed by atoms with Crippen molar-refractivity contribution >= 4 is 34.5 Å². The first-order chi connectivity index (χ1) is 18.0. The lowest BCUT2D eigenvalue weighted by molar-refractivity contribution is -0.189. The van der Waals surface area contributed by atoms with E-state index in [0.717, 1.165) is 25.7 Å². The van der Waals surface area contributed by atoms with Gasteiger partial charge in [-0.2, -0.15) is 0 Å². The molecule has 0 unspecified atom stereocenters. The zero-order valence-corrected chi connectivity index (χ0v) is 25.4. The molecule has 1 fully saturated rings. The summed E-state index contributed by atoms with van der Waals surface area (Å²) in [5, 5.41) is 21.7. The molecule has 7 heteroatoms. The first-order valence-corrected chi connectivity index (χ1v) is 16.1. The predicted octanol–water partition coefficient (Wildman–Crippen LogP) is 8.01.